The molecule has 2 unspecified atom stereocenters. The van der Waals surface area contributed by atoms with E-state index in [0.29, 0.717) is 39.1 Å². The first-order valence-corrected chi connectivity index (χ1v) is 11.9. The average Bonchev–Trinajstić information content (AvgIpc) is 3.42. The van der Waals surface area contributed by atoms with Gasteiger partial charge in [0.25, 0.3) is 5.91 Å². The summed E-state index contributed by atoms with van der Waals surface area (Å²) in [5.41, 5.74) is 2.02. The first kappa shape index (κ1) is 24.0. The van der Waals surface area contributed by atoms with Crippen LogP contribution in [0.3, 0.4) is 0 Å². The van der Waals surface area contributed by atoms with Crippen LogP contribution in [0.15, 0.2) is 93.7 Å². The maximum Gasteiger partial charge on any atom is 0.254 e. The second-order valence-corrected chi connectivity index (χ2v) is 8.81. The zero-order chi connectivity index (χ0) is 24.8. The van der Waals surface area contributed by atoms with Crippen molar-refractivity contribution in [1.29, 1.82) is 5.26 Å². The fourth-order valence-electron chi connectivity index (χ4n) is 3.88. The molecule has 0 fully saturated rings. The van der Waals surface area contributed by atoms with Crippen LogP contribution in [-0.2, 0) is 4.79 Å². The van der Waals surface area contributed by atoms with Gasteiger partial charge in [-0.05, 0) is 55.5 Å². The summed E-state index contributed by atoms with van der Waals surface area (Å²) < 4.78 is 10.8. The van der Waals surface area contributed by atoms with Crippen LogP contribution in [0.2, 0.25) is 0 Å². The van der Waals surface area contributed by atoms with Gasteiger partial charge in [-0.25, -0.2) is 4.99 Å². The molecule has 0 saturated carbocycles. The molecule has 2 aromatic carbocycles. The van der Waals surface area contributed by atoms with Crippen molar-refractivity contribution in [2.75, 3.05) is 18.2 Å². The molecule has 1 aliphatic heterocycles. The van der Waals surface area contributed by atoms with E-state index in [0.717, 1.165) is 0 Å². The molecule has 8 heteroatoms. The Morgan fingerprint density at radius 3 is 2.49 bits per heavy atom. The summed E-state index contributed by atoms with van der Waals surface area (Å²) in [4.78, 5) is 30.6. The number of anilines is 1. The zero-order valence-electron chi connectivity index (χ0n) is 19.2. The zero-order valence-corrected chi connectivity index (χ0v) is 20.0. The lowest BCUT2D eigenvalue weighted by molar-refractivity contribution is -0.113. The summed E-state index contributed by atoms with van der Waals surface area (Å²) in [6.07, 6.45) is 1.51. The van der Waals surface area contributed by atoms with Crippen molar-refractivity contribution >= 4 is 34.2 Å². The Balaban J connectivity index is 1.62. The number of nitrogens with zero attached hydrogens (tertiary/aromatic N) is 2. The Kier molecular flexibility index (Phi) is 7.48. The van der Waals surface area contributed by atoms with Gasteiger partial charge in [0.2, 0.25) is 0 Å². The highest BCUT2D eigenvalue weighted by Gasteiger charge is 2.40. The molecule has 1 aliphatic rings. The third-order valence-electron chi connectivity index (χ3n) is 5.61. The number of nitrogens with one attached hydrogen (secondary N) is 1. The monoisotopic (exact) mass is 485 g/mol. The number of carbonyl (C=O) groups is 2. The molecule has 0 aliphatic carbocycles. The number of methoxy groups -OCH3 is 1. The average molecular weight is 486 g/mol. The summed E-state index contributed by atoms with van der Waals surface area (Å²) in [5, 5.41) is 13.5. The number of ether oxygens (including phenoxy) is 1. The van der Waals surface area contributed by atoms with Crippen molar-refractivity contribution in [2.24, 2.45) is 10.9 Å². The molecule has 3 aromatic rings. The largest absolute Gasteiger partial charge is 0.497 e. The quantitative estimate of drug-likeness (QED) is 0.446. The summed E-state index contributed by atoms with van der Waals surface area (Å²) in [5.74, 6) is -0.627. The van der Waals surface area contributed by atoms with E-state index in [1.165, 1.54) is 18.0 Å². The van der Waals surface area contributed by atoms with Crippen molar-refractivity contribution in [3.63, 3.8) is 0 Å². The van der Waals surface area contributed by atoms with Gasteiger partial charge in [-0.1, -0.05) is 18.2 Å². The molecule has 7 nitrogen and oxygen atoms in total. The van der Waals surface area contributed by atoms with Crippen LogP contribution in [0.5, 0.6) is 5.75 Å². The van der Waals surface area contributed by atoms with Gasteiger partial charge in [-0.2, -0.15) is 5.26 Å². The standard InChI is InChI=1S/C27H23N3O4S/c1-17-24(26(32)30-19-7-4-3-5-8-19)25(23-9-6-14-34-23)21(15-28)27(29-17)35-16-22(31)18-10-12-20(33-2)13-11-18/h3-14,21,25H,16H2,1-2H3,(H,30,32). The highest BCUT2D eigenvalue weighted by Crippen LogP contribution is 2.41. The molecule has 0 bridgehead atoms. The van der Waals surface area contributed by atoms with Crippen molar-refractivity contribution in [1.82, 2.24) is 0 Å². The SMILES string of the molecule is COc1ccc(C(=O)CSC2=NC(C)=C(C(=O)Nc3ccccc3)C(c3ccco3)C2C#N)cc1. The normalized spacial score (nSPS) is 17.3. The number of allylic oxidation sites excluding steroid dienone is 1. The number of hydrogen-bond acceptors (Lipinski definition) is 7. The van der Waals surface area contributed by atoms with E-state index in [-0.39, 0.29) is 17.4 Å². The van der Waals surface area contributed by atoms with E-state index in [2.05, 4.69) is 16.4 Å². The Morgan fingerprint density at radius 2 is 1.86 bits per heavy atom. The number of hydrogen-bond donors (Lipinski definition) is 1. The summed E-state index contributed by atoms with van der Waals surface area (Å²) in [7, 11) is 1.57. The molecule has 176 valence electrons. The number of carbonyl (C=O) groups excluding carboxylic acids is 2. The minimum Gasteiger partial charge on any atom is -0.497 e. The van der Waals surface area contributed by atoms with Crippen LogP contribution in [0, 0.1) is 17.2 Å². The van der Waals surface area contributed by atoms with Gasteiger partial charge in [0, 0.05) is 16.9 Å². The third kappa shape index (κ3) is 5.36. The van der Waals surface area contributed by atoms with E-state index >= 15 is 0 Å². The number of para-hydroxylation sites is 1. The lowest BCUT2D eigenvalue weighted by atomic mass is 9.81. The number of amides is 1. The molecule has 35 heavy (non-hydrogen) atoms. The van der Waals surface area contributed by atoms with Crippen LogP contribution in [0.25, 0.3) is 0 Å². The highest BCUT2D eigenvalue weighted by atomic mass is 32.2. The van der Waals surface area contributed by atoms with Crippen LogP contribution in [0.1, 0.15) is 29.0 Å². The Labute approximate surface area is 207 Å². The van der Waals surface area contributed by atoms with E-state index < -0.39 is 11.8 Å². The number of nitriles is 1. The molecule has 0 radical (unpaired) electrons. The molecule has 4 rings (SSSR count). The fourth-order valence-corrected chi connectivity index (χ4v) is 4.90. The molecule has 1 aromatic heterocycles. The number of ketones is 1. The molecule has 2 atom stereocenters. The number of Topliss-reactive ketones (excluding diaryl/α,β-unsaturated/α-hetero) is 1. The van der Waals surface area contributed by atoms with Crippen molar-refractivity contribution in [2.45, 2.75) is 12.8 Å². The van der Waals surface area contributed by atoms with E-state index in [4.69, 9.17) is 9.15 Å². The molecule has 0 saturated heterocycles. The fraction of sp³-hybridized carbons (Fsp3) is 0.185. The summed E-state index contributed by atoms with van der Waals surface area (Å²) >= 11 is 1.20. The molecular formula is C27H23N3O4S. The highest BCUT2D eigenvalue weighted by molar-refractivity contribution is 8.14. The van der Waals surface area contributed by atoms with Gasteiger partial charge < -0.3 is 14.5 Å². The van der Waals surface area contributed by atoms with Crippen LogP contribution >= 0.6 is 11.8 Å². The Morgan fingerprint density at radius 1 is 1.11 bits per heavy atom. The van der Waals surface area contributed by atoms with Crippen molar-refractivity contribution < 1.29 is 18.7 Å². The van der Waals surface area contributed by atoms with Gasteiger partial charge in [-0.15, -0.1) is 11.8 Å². The predicted molar refractivity (Wildman–Crippen MR) is 136 cm³/mol. The van der Waals surface area contributed by atoms with Crippen LogP contribution in [-0.4, -0.2) is 29.6 Å². The number of rotatable bonds is 7. The number of benzene rings is 2. The first-order valence-electron chi connectivity index (χ1n) is 10.9. The second kappa shape index (κ2) is 10.9. The lowest BCUT2D eigenvalue weighted by Gasteiger charge is -2.28. The van der Waals surface area contributed by atoms with Gasteiger partial charge >= 0.3 is 0 Å². The van der Waals surface area contributed by atoms with E-state index in [1.54, 1.807) is 62.6 Å². The van der Waals surface area contributed by atoms with Gasteiger partial charge in [0.15, 0.2) is 5.78 Å². The van der Waals surface area contributed by atoms with Gasteiger partial charge in [0.1, 0.15) is 17.4 Å². The van der Waals surface area contributed by atoms with Crippen LogP contribution in [0.4, 0.5) is 5.69 Å². The van der Waals surface area contributed by atoms with Crippen molar-refractivity contribution in [3.05, 3.63) is 95.6 Å². The first-order chi connectivity index (χ1) is 17.0. The van der Waals surface area contributed by atoms with Crippen LogP contribution < -0.4 is 10.1 Å². The van der Waals surface area contributed by atoms with Gasteiger partial charge in [-0.3, -0.25) is 9.59 Å². The number of aliphatic imine (C=N–C) groups is 1. The smallest absolute Gasteiger partial charge is 0.254 e. The van der Waals surface area contributed by atoms with Gasteiger partial charge in [0.05, 0.1) is 41.7 Å². The Bertz CT molecular complexity index is 1310. The summed E-state index contributed by atoms with van der Waals surface area (Å²) in [6, 6.07) is 21.7. The molecule has 0 spiro atoms. The molecular weight excluding hydrogens is 462 g/mol. The predicted octanol–water partition coefficient (Wildman–Crippen LogP) is 5.45. The minimum atomic E-state index is -0.782. The maximum atomic E-state index is 13.3. The molecule has 2 heterocycles. The van der Waals surface area contributed by atoms with E-state index in [1.807, 2.05) is 18.2 Å². The minimum absolute atomic E-state index is 0.0964. The lowest BCUT2D eigenvalue weighted by Crippen LogP contribution is -2.31. The number of thioether (sulfide) groups is 1. The maximum absolute atomic E-state index is 13.3. The Hall–Kier alpha value is -4.09. The van der Waals surface area contributed by atoms with Crippen molar-refractivity contribution in [3.8, 4) is 11.8 Å². The summed E-state index contributed by atoms with van der Waals surface area (Å²) in [6.45, 7) is 1.73. The number of furan rings is 1. The molecule has 1 amide bonds. The topological polar surface area (TPSA) is 105 Å². The third-order valence-corrected chi connectivity index (χ3v) is 6.65. The second-order valence-electron chi connectivity index (χ2n) is 7.81. The molecule has 1 N–H and O–H groups in total. The van der Waals surface area contributed by atoms with E-state index in [9.17, 15) is 14.9 Å².